The van der Waals surface area contributed by atoms with Crippen molar-refractivity contribution in [1.29, 1.82) is 0 Å². The highest BCUT2D eigenvalue weighted by Crippen LogP contribution is 2.28. The van der Waals surface area contributed by atoms with Crippen LogP contribution in [-0.4, -0.2) is 43.1 Å². The quantitative estimate of drug-likeness (QED) is 0.375. The van der Waals surface area contributed by atoms with Gasteiger partial charge in [-0.1, -0.05) is 12.1 Å². The number of hydrogen-bond donors (Lipinski definition) is 0. The lowest BCUT2D eigenvalue weighted by molar-refractivity contribution is -0.00000417. The molecule has 5 heteroatoms. The maximum Gasteiger partial charge on any atom is 0.201 e. The zero-order valence-corrected chi connectivity index (χ0v) is 14.9. The van der Waals surface area contributed by atoms with Gasteiger partial charge in [0, 0.05) is 12.1 Å². The van der Waals surface area contributed by atoms with Crippen LogP contribution in [-0.2, 0) is 0 Å². The number of rotatable bonds is 0. The second-order valence-corrected chi connectivity index (χ2v) is 6.71. The van der Waals surface area contributed by atoms with Crippen LogP contribution in [0.15, 0.2) is 42.5 Å². The monoisotopic (exact) mass is 375 g/mol. The molecule has 2 heterocycles. The van der Waals surface area contributed by atoms with E-state index in [0.717, 1.165) is 37.4 Å². The number of fused-ring (bicyclic) bond motifs is 2. The number of aromatic nitrogens is 1. The zero-order chi connectivity index (χ0) is 14.2. The van der Waals surface area contributed by atoms with Crippen LogP contribution < -0.4 is 26.9 Å². The third-order valence-electron chi connectivity index (χ3n) is 4.14. The molecule has 0 bridgehead atoms. The number of benzene rings is 2. The summed E-state index contributed by atoms with van der Waals surface area (Å²) in [6.45, 7) is 4.48. The molecular formula is C17H18BrN3S. The number of likely N-dealkylation sites (N-methyl/N-ethyl adjacent to an activating group) is 1. The first kappa shape index (κ1) is 15.6. The van der Waals surface area contributed by atoms with Crippen LogP contribution in [0.3, 0.4) is 0 Å². The minimum Gasteiger partial charge on any atom is -1.00 e. The summed E-state index contributed by atoms with van der Waals surface area (Å²) in [5.74, 6) is 0. The summed E-state index contributed by atoms with van der Waals surface area (Å²) in [6, 6.07) is 15.0. The Hall–Kier alpha value is -1.30. The van der Waals surface area contributed by atoms with Gasteiger partial charge in [-0.2, -0.15) is 0 Å². The van der Waals surface area contributed by atoms with Gasteiger partial charge in [0.05, 0.1) is 33.9 Å². The van der Waals surface area contributed by atoms with Gasteiger partial charge in [0.15, 0.2) is 13.1 Å². The van der Waals surface area contributed by atoms with Crippen molar-refractivity contribution in [3.8, 4) is 10.6 Å². The normalized spacial score (nSPS) is 16.0. The predicted molar refractivity (Wildman–Crippen MR) is 88.7 cm³/mol. The molecule has 22 heavy (non-hydrogen) atoms. The highest BCUT2D eigenvalue weighted by atomic mass is 79.9. The molecule has 1 aromatic carbocycles. The second kappa shape index (κ2) is 6.44. The average molecular weight is 376 g/mol. The molecular weight excluding hydrogens is 358 g/mol. The zero-order valence-electron chi connectivity index (χ0n) is 12.5. The number of piperazine rings is 1. The van der Waals surface area contributed by atoms with Crippen molar-refractivity contribution in [3.63, 3.8) is 0 Å². The van der Waals surface area contributed by atoms with Crippen LogP contribution in [0.4, 0.5) is 0 Å². The van der Waals surface area contributed by atoms with Gasteiger partial charge in [0.25, 0.3) is 0 Å². The van der Waals surface area contributed by atoms with Gasteiger partial charge >= 0.3 is 0 Å². The van der Waals surface area contributed by atoms with E-state index in [9.17, 15) is 0 Å². The van der Waals surface area contributed by atoms with E-state index < -0.39 is 0 Å². The van der Waals surface area contributed by atoms with Gasteiger partial charge in [0.1, 0.15) is 0 Å². The molecule has 0 atom stereocenters. The molecule has 0 amide bonds. The lowest BCUT2D eigenvalue weighted by Gasteiger charge is -2.20. The van der Waals surface area contributed by atoms with Gasteiger partial charge in [-0.05, 0) is 25.2 Å². The summed E-state index contributed by atoms with van der Waals surface area (Å²) in [7, 11) is 2.19. The number of nitrogens with zero attached hydrogens (tertiary/aromatic N) is 3. The van der Waals surface area contributed by atoms with E-state index in [2.05, 4.69) is 52.9 Å². The summed E-state index contributed by atoms with van der Waals surface area (Å²) in [5.41, 5.74) is 2.18. The van der Waals surface area contributed by atoms with Gasteiger partial charge in [-0.3, -0.25) is 4.90 Å². The maximum absolute atomic E-state index is 4.76. The Labute approximate surface area is 144 Å². The number of hydrogen-bond acceptors (Lipinski definition) is 3. The van der Waals surface area contributed by atoms with Crippen molar-refractivity contribution in [1.82, 2.24) is 14.5 Å². The fraction of sp³-hybridized carbons (Fsp3) is 0.294. The molecule has 0 aromatic heterocycles. The minimum absolute atomic E-state index is 0. The Kier molecular flexibility index (Phi) is 4.57. The highest BCUT2D eigenvalue weighted by Gasteiger charge is 2.16. The van der Waals surface area contributed by atoms with Gasteiger partial charge in [-0.15, -0.1) is 11.3 Å². The maximum atomic E-state index is 4.76. The smallest absolute Gasteiger partial charge is 0.201 e. The van der Waals surface area contributed by atoms with Crippen molar-refractivity contribution in [2.45, 2.75) is 0 Å². The first-order chi connectivity index (χ1) is 10.3. The van der Waals surface area contributed by atoms with Crippen molar-refractivity contribution in [3.05, 3.63) is 47.8 Å². The molecule has 3 nitrogen and oxygen atoms in total. The van der Waals surface area contributed by atoms with Crippen LogP contribution in [0.5, 0.6) is 0 Å². The lowest BCUT2D eigenvalue weighted by atomic mass is 10.2. The first-order valence-electron chi connectivity index (χ1n) is 7.36. The molecule has 1 aliphatic carbocycles. The van der Waals surface area contributed by atoms with E-state index >= 15 is 0 Å². The Morgan fingerprint density at radius 2 is 1.86 bits per heavy atom. The molecule has 0 spiro atoms. The van der Waals surface area contributed by atoms with E-state index in [1.54, 1.807) is 0 Å². The molecule has 114 valence electrons. The van der Waals surface area contributed by atoms with E-state index in [4.69, 9.17) is 4.98 Å². The van der Waals surface area contributed by atoms with Crippen molar-refractivity contribution in [2.24, 2.45) is 0 Å². The second-order valence-electron chi connectivity index (χ2n) is 5.62. The van der Waals surface area contributed by atoms with Crippen molar-refractivity contribution in [2.75, 3.05) is 33.2 Å². The van der Waals surface area contributed by atoms with Crippen LogP contribution in [0.1, 0.15) is 0 Å². The molecule has 0 radical (unpaired) electrons. The standard InChI is InChI=1S/C17H18N3S.BrH/c1-19-8-10-20(11-9-19)13-6-7-15-17(12-13)21-16-5-3-2-4-14(16)18-15;/h2-7,12H,8-11H2,1H3;1H/q+1;/p-1. The molecule has 1 fully saturated rings. The van der Waals surface area contributed by atoms with Crippen molar-refractivity contribution >= 4 is 21.6 Å². The third-order valence-corrected chi connectivity index (χ3v) is 5.25. The molecule has 0 unspecified atom stereocenters. The molecule has 0 saturated carbocycles. The number of halogens is 1. The molecule has 0 N–H and O–H groups in total. The van der Waals surface area contributed by atoms with E-state index in [-0.39, 0.29) is 17.0 Å². The van der Waals surface area contributed by atoms with Crippen LogP contribution in [0.2, 0.25) is 0 Å². The Bertz CT molecular complexity index is 833. The van der Waals surface area contributed by atoms with Crippen LogP contribution >= 0.6 is 11.3 Å². The van der Waals surface area contributed by atoms with Gasteiger partial charge in [-0.25, -0.2) is 9.56 Å². The van der Waals surface area contributed by atoms with E-state index in [1.165, 1.54) is 14.9 Å². The summed E-state index contributed by atoms with van der Waals surface area (Å²) in [4.78, 5) is 8.41. The molecule has 3 aliphatic rings. The summed E-state index contributed by atoms with van der Waals surface area (Å²) in [6.07, 6.45) is 0. The topological polar surface area (TPSA) is 19.1 Å². The predicted octanol–water partition coefficient (Wildman–Crippen LogP) is -0.877. The van der Waals surface area contributed by atoms with E-state index in [1.807, 2.05) is 17.4 Å². The lowest BCUT2D eigenvalue weighted by Crippen LogP contribution is -3.00. The highest BCUT2D eigenvalue weighted by molar-refractivity contribution is 7.21. The Balaban J connectivity index is 0.00000144. The van der Waals surface area contributed by atoms with Gasteiger partial charge < -0.3 is 17.0 Å². The van der Waals surface area contributed by atoms with E-state index in [0.29, 0.717) is 0 Å². The SMILES string of the molecule is CN1CC[N+](=c2ccc3nc4ccccc4sc-3c2)CC1.[Br-]. The average Bonchev–Trinajstić information content (AvgIpc) is 2.53. The molecule has 4 rings (SSSR count). The van der Waals surface area contributed by atoms with Crippen LogP contribution in [0, 0.1) is 0 Å². The summed E-state index contributed by atoms with van der Waals surface area (Å²) in [5, 5.41) is 1.32. The Morgan fingerprint density at radius 1 is 1.09 bits per heavy atom. The Morgan fingerprint density at radius 3 is 2.68 bits per heavy atom. The van der Waals surface area contributed by atoms with Gasteiger partial charge in [0.2, 0.25) is 5.36 Å². The fourth-order valence-corrected chi connectivity index (χ4v) is 3.82. The fourth-order valence-electron chi connectivity index (χ4n) is 2.82. The summed E-state index contributed by atoms with van der Waals surface area (Å²) < 4.78 is 3.72. The van der Waals surface area contributed by atoms with Crippen LogP contribution in [0.25, 0.3) is 20.8 Å². The molecule has 1 aromatic rings. The molecule has 1 saturated heterocycles. The minimum atomic E-state index is 0. The summed E-state index contributed by atoms with van der Waals surface area (Å²) >= 11 is 1.83. The van der Waals surface area contributed by atoms with Crippen molar-refractivity contribution < 1.29 is 17.0 Å². The first-order valence-corrected chi connectivity index (χ1v) is 8.17. The molecule has 2 aliphatic heterocycles. The third kappa shape index (κ3) is 2.93. The number of para-hydroxylation sites is 1. The largest absolute Gasteiger partial charge is 1.00 e.